The second kappa shape index (κ2) is 12.3. The van der Waals surface area contributed by atoms with Crippen molar-refractivity contribution in [1.29, 1.82) is 0 Å². The van der Waals surface area contributed by atoms with Crippen LogP contribution < -0.4 is 10.1 Å². The van der Waals surface area contributed by atoms with Crippen LogP contribution in [0.25, 0.3) is 0 Å². The van der Waals surface area contributed by atoms with Crippen molar-refractivity contribution in [2.75, 3.05) is 6.61 Å². The summed E-state index contributed by atoms with van der Waals surface area (Å²) < 4.78 is 5.77. The Morgan fingerprint density at radius 3 is 2.28 bits per heavy atom. The average molecular weight is 527 g/mol. The van der Waals surface area contributed by atoms with Crippen LogP contribution in [-0.4, -0.2) is 34.9 Å². The van der Waals surface area contributed by atoms with Gasteiger partial charge in [-0.15, -0.1) is 0 Å². The number of benzene rings is 3. The summed E-state index contributed by atoms with van der Waals surface area (Å²) >= 11 is 12.2. The number of hydrogen-bond acceptors (Lipinski definition) is 3. The highest BCUT2D eigenvalue weighted by Crippen LogP contribution is 2.28. The number of halogens is 2. The fourth-order valence-corrected chi connectivity index (χ4v) is 4.26. The summed E-state index contributed by atoms with van der Waals surface area (Å²) in [4.78, 5) is 28.8. The predicted octanol–water partition coefficient (Wildman–Crippen LogP) is 6.24. The van der Waals surface area contributed by atoms with Crippen LogP contribution in [0.3, 0.4) is 0 Å². The Morgan fingerprint density at radius 1 is 0.972 bits per heavy atom. The molecule has 0 aliphatic rings. The van der Waals surface area contributed by atoms with E-state index in [9.17, 15) is 9.59 Å². The lowest BCUT2D eigenvalue weighted by Crippen LogP contribution is -2.55. The van der Waals surface area contributed by atoms with E-state index in [4.69, 9.17) is 27.9 Å². The minimum atomic E-state index is -0.747. The first kappa shape index (κ1) is 27.6. The molecule has 3 rings (SSSR count). The predicted molar refractivity (Wildman–Crippen MR) is 146 cm³/mol. The molecule has 0 bridgehead atoms. The van der Waals surface area contributed by atoms with E-state index in [2.05, 4.69) is 5.32 Å². The molecule has 3 aromatic rings. The number of amides is 2. The van der Waals surface area contributed by atoms with Gasteiger partial charge in [-0.1, -0.05) is 77.8 Å². The van der Waals surface area contributed by atoms with E-state index in [-0.39, 0.29) is 25.0 Å². The highest BCUT2D eigenvalue weighted by atomic mass is 35.5. The third-order valence-electron chi connectivity index (χ3n) is 5.62. The maximum atomic E-state index is 13.7. The number of carbonyl (C=O) groups excluding carboxylic acids is 2. The fraction of sp³-hybridized carbons (Fsp3) is 0.310. The molecule has 1 N–H and O–H groups in total. The van der Waals surface area contributed by atoms with E-state index in [0.717, 1.165) is 16.7 Å². The zero-order valence-electron chi connectivity index (χ0n) is 21.1. The molecule has 190 valence electrons. The third-order valence-corrected chi connectivity index (χ3v) is 6.15. The summed E-state index contributed by atoms with van der Waals surface area (Å²) in [6.45, 7) is 7.74. The molecule has 0 fully saturated rings. The number of aryl methyl sites for hydroxylation is 1. The van der Waals surface area contributed by atoms with E-state index < -0.39 is 11.6 Å². The van der Waals surface area contributed by atoms with Gasteiger partial charge in [-0.25, -0.2) is 0 Å². The van der Waals surface area contributed by atoms with Crippen LogP contribution in [0.15, 0.2) is 72.8 Å². The quantitative estimate of drug-likeness (QED) is 0.359. The molecule has 0 aliphatic carbocycles. The van der Waals surface area contributed by atoms with Gasteiger partial charge in [0.05, 0.1) is 5.02 Å². The van der Waals surface area contributed by atoms with Crippen LogP contribution >= 0.6 is 23.2 Å². The second-order valence-electron chi connectivity index (χ2n) is 9.76. The van der Waals surface area contributed by atoms with Crippen LogP contribution in [0, 0.1) is 6.92 Å². The smallest absolute Gasteiger partial charge is 0.261 e. The first-order valence-corrected chi connectivity index (χ1v) is 12.6. The molecule has 0 aromatic heterocycles. The largest absolute Gasteiger partial charge is 0.482 e. The molecule has 0 aliphatic heterocycles. The summed E-state index contributed by atoms with van der Waals surface area (Å²) in [5.41, 5.74) is 2.48. The van der Waals surface area contributed by atoms with Crippen molar-refractivity contribution < 1.29 is 14.3 Å². The minimum Gasteiger partial charge on any atom is -0.482 e. The van der Waals surface area contributed by atoms with E-state index >= 15 is 0 Å². The Balaban J connectivity index is 1.95. The molecule has 7 heteroatoms. The zero-order chi connectivity index (χ0) is 26.3. The van der Waals surface area contributed by atoms with Crippen molar-refractivity contribution >= 4 is 35.0 Å². The van der Waals surface area contributed by atoms with Crippen molar-refractivity contribution in [2.45, 2.75) is 52.2 Å². The minimum absolute atomic E-state index is 0.224. The first-order chi connectivity index (χ1) is 17.0. The Kier molecular flexibility index (Phi) is 9.41. The van der Waals surface area contributed by atoms with E-state index in [1.807, 2.05) is 82.3 Å². The molecule has 1 atom stereocenters. The fourth-order valence-electron chi connectivity index (χ4n) is 3.79. The monoisotopic (exact) mass is 526 g/mol. The number of nitrogens with zero attached hydrogens (tertiary/aromatic N) is 1. The van der Waals surface area contributed by atoms with Gasteiger partial charge < -0.3 is 15.0 Å². The highest BCUT2D eigenvalue weighted by molar-refractivity contribution is 6.35. The molecule has 0 spiro atoms. The molecule has 2 amide bonds. The molecule has 5 nitrogen and oxygen atoms in total. The van der Waals surface area contributed by atoms with Crippen molar-refractivity contribution in [1.82, 2.24) is 10.2 Å². The van der Waals surface area contributed by atoms with Crippen LogP contribution in [0.2, 0.25) is 10.0 Å². The molecule has 36 heavy (non-hydrogen) atoms. The van der Waals surface area contributed by atoms with Crippen molar-refractivity contribution in [2.24, 2.45) is 0 Å². The Morgan fingerprint density at radius 2 is 1.64 bits per heavy atom. The second-order valence-corrected chi connectivity index (χ2v) is 10.6. The first-order valence-electron chi connectivity index (χ1n) is 11.8. The topological polar surface area (TPSA) is 58.6 Å². The van der Waals surface area contributed by atoms with Gasteiger partial charge in [-0.2, -0.15) is 0 Å². The average Bonchev–Trinajstić information content (AvgIpc) is 2.81. The molecule has 0 unspecified atom stereocenters. The summed E-state index contributed by atoms with van der Waals surface area (Å²) in [6, 6.07) is 21.6. The van der Waals surface area contributed by atoms with Gasteiger partial charge >= 0.3 is 0 Å². The lowest BCUT2D eigenvalue weighted by atomic mass is 10.00. The summed E-state index contributed by atoms with van der Waals surface area (Å²) in [7, 11) is 0. The van der Waals surface area contributed by atoms with Crippen LogP contribution in [0.4, 0.5) is 0 Å². The van der Waals surface area contributed by atoms with Crippen molar-refractivity contribution in [3.8, 4) is 5.75 Å². The Labute approximate surface area is 223 Å². The maximum Gasteiger partial charge on any atom is 0.261 e. The highest BCUT2D eigenvalue weighted by Gasteiger charge is 2.32. The molecular weight excluding hydrogens is 495 g/mol. The lowest BCUT2D eigenvalue weighted by Gasteiger charge is -2.34. The van der Waals surface area contributed by atoms with E-state index in [1.54, 1.807) is 23.1 Å². The number of hydrogen-bond donors (Lipinski definition) is 1. The number of ether oxygens (including phenoxy) is 1. The molecule has 0 heterocycles. The molecule has 0 radical (unpaired) electrons. The van der Waals surface area contributed by atoms with Crippen LogP contribution in [0.5, 0.6) is 5.75 Å². The Hall–Kier alpha value is -3.02. The number of nitrogens with one attached hydrogen (secondary N) is 1. The molecule has 0 saturated carbocycles. The van der Waals surface area contributed by atoms with Gasteiger partial charge in [0.2, 0.25) is 5.91 Å². The SMILES string of the molecule is Cc1ccccc1CN(C(=O)COc1ccc(Cl)cc1Cl)[C@@H](Cc1ccccc1)C(=O)NC(C)(C)C. The standard InChI is InChI=1S/C29H32Cl2N2O3/c1-20-10-8-9-13-22(20)18-33(27(34)19-36-26-15-14-23(30)17-24(26)31)25(28(35)32-29(2,3)4)16-21-11-6-5-7-12-21/h5-15,17,25H,16,18-19H2,1-4H3,(H,32,35)/t25-/m0/s1. The number of rotatable bonds is 9. The van der Waals surface area contributed by atoms with Gasteiger partial charge in [-0.3, -0.25) is 9.59 Å². The van der Waals surface area contributed by atoms with Gasteiger partial charge in [0.15, 0.2) is 6.61 Å². The van der Waals surface area contributed by atoms with Crippen LogP contribution in [0.1, 0.15) is 37.5 Å². The normalized spacial score (nSPS) is 12.1. The molecular formula is C29H32Cl2N2O3. The maximum absolute atomic E-state index is 13.7. The summed E-state index contributed by atoms with van der Waals surface area (Å²) in [6.07, 6.45) is 0.363. The third kappa shape index (κ3) is 8.00. The number of carbonyl (C=O) groups is 2. The van der Waals surface area contributed by atoms with Gasteiger partial charge in [0.25, 0.3) is 5.91 Å². The summed E-state index contributed by atoms with van der Waals surface area (Å²) in [5, 5.41) is 3.84. The zero-order valence-corrected chi connectivity index (χ0v) is 22.6. The summed E-state index contributed by atoms with van der Waals surface area (Å²) in [5.74, 6) is -0.198. The van der Waals surface area contributed by atoms with Gasteiger partial charge in [0, 0.05) is 23.5 Å². The molecule has 0 saturated heterocycles. The van der Waals surface area contributed by atoms with E-state index in [1.165, 1.54) is 0 Å². The molecule has 3 aromatic carbocycles. The van der Waals surface area contributed by atoms with Crippen molar-refractivity contribution in [3.63, 3.8) is 0 Å². The van der Waals surface area contributed by atoms with Gasteiger partial charge in [-0.05, 0) is 62.6 Å². The lowest BCUT2D eigenvalue weighted by molar-refractivity contribution is -0.143. The van der Waals surface area contributed by atoms with E-state index in [0.29, 0.717) is 22.2 Å². The Bertz CT molecular complexity index is 1190. The van der Waals surface area contributed by atoms with Crippen molar-refractivity contribution in [3.05, 3.63) is 99.5 Å². The van der Waals surface area contributed by atoms with Crippen LogP contribution in [-0.2, 0) is 22.6 Å². The van der Waals surface area contributed by atoms with Gasteiger partial charge in [0.1, 0.15) is 11.8 Å².